The van der Waals surface area contributed by atoms with Crippen molar-refractivity contribution >= 4 is 92.1 Å². The number of fused-ring (bicyclic) bond motifs is 6. The Morgan fingerprint density at radius 1 is 0.378 bits per heavy atom. The van der Waals surface area contributed by atoms with Crippen LogP contribution in [0.25, 0.3) is 33.9 Å². The largest absolute Gasteiger partial charge is 0.458 e. The first kappa shape index (κ1) is 44.0. The molecule has 0 atom stereocenters. The van der Waals surface area contributed by atoms with Gasteiger partial charge in [0.05, 0.1) is 11.4 Å². The maximum Gasteiger partial charge on any atom is 0.256 e. The molecule has 0 bridgehead atoms. The van der Waals surface area contributed by atoms with Gasteiger partial charge in [0.2, 0.25) is 6.71 Å². The number of rotatable bonds is 8. The molecule has 10 aromatic carbocycles. The minimum atomic E-state index is -2.97. The fourth-order valence-electron chi connectivity index (χ4n) is 12.9. The summed E-state index contributed by atoms with van der Waals surface area (Å²) in [4.78, 5) is 13.4. The van der Waals surface area contributed by atoms with Gasteiger partial charge in [0.15, 0.2) is 13.9 Å². The molecule has 14 rings (SSSR count). The Morgan fingerprint density at radius 3 is 1.50 bits per heavy atom. The summed E-state index contributed by atoms with van der Waals surface area (Å²) in [5.74, 6) is 2.47. The highest BCUT2D eigenvalue weighted by molar-refractivity contribution is 7.20. The predicted octanol–water partition coefficient (Wildman–Crippen LogP) is 9.01. The van der Waals surface area contributed by atoms with Crippen LogP contribution >= 0.6 is 0 Å². The van der Waals surface area contributed by atoms with E-state index in [1.807, 2.05) is 6.07 Å². The summed E-state index contributed by atoms with van der Waals surface area (Å²) < 4.78 is 6.91. The molecule has 0 radical (unpaired) electrons. The maximum absolute atomic E-state index is 6.91. The van der Waals surface area contributed by atoms with Crippen LogP contribution < -0.4 is 63.2 Å². The molecule has 0 fully saturated rings. The van der Waals surface area contributed by atoms with Crippen molar-refractivity contribution < 1.29 is 4.74 Å². The second kappa shape index (κ2) is 17.5. The molecule has 0 saturated carbocycles. The van der Waals surface area contributed by atoms with Crippen LogP contribution in [0.5, 0.6) is 11.5 Å². The van der Waals surface area contributed by atoms with Crippen molar-refractivity contribution in [3.05, 3.63) is 259 Å². The van der Waals surface area contributed by atoms with Crippen molar-refractivity contribution in [3.8, 4) is 45.4 Å². The van der Waals surface area contributed by atoms with E-state index in [4.69, 9.17) is 14.7 Å². The van der Waals surface area contributed by atoms with Gasteiger partial charge in [-0.1, -0.05) is 234 Å². The van der Waals surface area contributed by atoms with Gasteiger partial charge in [-0.3, -0.25) is 0 Å². The van der Waals surface area contributed by atoms with Gasteiger partial charge in [-0.15, -0.1) is 0 Å². The average Bonchev–Trinajstić information content (AvgIpc) is 3.50. The van der Waals surface area contributed by atoms with Gasteiger partial charge in [-0.05, 0) is 105 Å². The molecule has 1 aromatic heterocycles. The lowest BCUT2D eigenvalue weighted by molar-refractivity contribution is 0.487. The molecule has 0 unspecified atom stereocenters. The molecule has 3 aliphatic rings. The van der Waals surface area contributed by atoms with Crippen LogP contribution in [-0.4, -0.2) is 31.5 Å². The van der Waals surface area contributed by atoms with Gasteiger partial charge < -0.3 is 9.64 Å². The quantitative estimate of drug-likeness (QED) is 0.113. The summed E-state index contributed by atoms with van der Waals surface area (Å²) in [7, 11) is -2.97. The van der Waals surface area contributed by atoms with Crippen LogP contribution in [0.4, 0.5) is 17.1 Å². The molecule has 3 aliphatic heterocycles. The molecule has 0 amide bonds. The maximum atomic E-state index is 6.91. The summed E-state index contributed by atoms with van der Waals surface area (Å²) in [6, 6.07) is 89.4. The lowest BCUT2D eigenvalue weighted by atomic mass is 9.29. The Balaban J connectivity index is 1.12. The van der Waals surface area contributed by atoms with Crippen molar-refractivity contribution in [1.82, 2.24) is 9.97 Å². The number of hydrogen-bond acceptors (Lipinski definition) is 4. The number of nitrogens with zero attached hydrogens (tertiary/aromatic N) is 3. The molecule has 348 valence electrons. The van der Waals surface area contributed by atoms with E-state index in [0.717, 1.165) is 50.7 Å². The fraction of sp³-hybridized carbons (Fsp3) is 0.0448. The first-order valence-corrected chi connectivity index (χ1v) is 27.7. The number of para-hydroxylation sites is 1. The molecule has 74 heavy (non-hydrogen) atoms. The highest BCUT2D eigenvalue weighted by atomic mass is 28.3. The van der Waals surface area contributed by atoms with Crippen LogP contribution in [0, 0.1) is 20.8 Å². The Morgan fingerprint density at radius 2 is 0.892 bits per heavy atom. The molecule has 0 N–H and O–H groups in total. The Hall–Kier alpha value is -8.77. The van der Waals surface area contributed by atoms with Crippen molar-refractivity contribution in [1.29, 1.82) is 0 Å². The second-order valence-electron chi connectivity index (χ2n) is 20.2. The molecule has 4 nitrogen and oxygen atoms in total. The van der Waals surface area contributed by atoms with E-state index in [0.29, 0.717) is 5.82 Å². The van der Waals surface area contributed by atoms with Crippen molar-refractivity contribution in [3.63, 3.8) is 0 Å². The minimum Gasteiger partial charge on any atom is -0.458 e. The van der Waals surface area contributed by atoms with Gasteiger partial charge >= 0.3 is 0 Å². The zero-order chi connectivity index (χ0) is 49.5. The summed E-state index contributed by atoms with van der Waals surface area (Å²) in [6.45, 7) is 6.61. The van der Waals surface area contributed by atoms with Crippen LogP contribution in [0.3, 0.4) is 0 Å². The van der Waals surface area contributed by atoms with Crippen LogP contribution in [0.15, 0.2) is 243 Å². The summed E-state index contributed by atoms with van der Waals surface area (Å²) in [6.07, 6.45) is 0. The first-order chi connectivity index (χ1) is 36.4. The standard InChI is InChI=1S/C67H49B2N3OSi/c1-44-38-45(2)64(46(3)39-44)69-55-42-53(74(50-26-13-6-14-27-50,51-28-15-7-16-29-51)52-30-17-8-18-31-52)36-37-60(55)72-61-33-21-35-63-65(61)68(54-32-19-20-34-62(54)73-63)56-40-49(41-57(69)66(56)72)59-43-58(47-22-9-4-10-23-47)70-67(71-59)48-24-11-5-12-25-48/h4-43H,1-3H3. The average molecular weight is 962 g/mol. The van der Waals surface area contributed by atoms with Crippen molar-refractivity contribution in [2.45, 2.75) is 20.8 Å². The topological polar surface area (TPSA) is 38.2 Å². The molecule has 11 aromatic rings. The van der Waals surface area contributed by atoms with E-state index >= 15 is 0 Å². The lowest BCUT2D eigenvalue weighted by Gasteiger charge is -2.46. The molecular weight excluding hydrogens is 912 g/mol. The summed E-state index contributed by atoms with van der Waals surface area (Å²) in [5.41, 5.74) is 19.6. The van der Waals surface area contributed by atoms with Crippen LogP contribution in [-0.2, 0) is 0 Å². The number of aryl methyl sites for hydroxylation is 3. The van der Waals surface area contributed by atoms with E-state index in [1.165, 1.54) is 76.1 Å². The minimum absolute atomic E-state index is 0.101. The smallest absolute Gasteiger partial charge is 0.256 e. The number of aromatic nitrogens is 2. The van der Waals surface area contributed by atoms with E-state index in [9.17, 15) is 0 Å². The van der Waals surface area contributed by atoms with E-state index < -0.39 is 8.07 Å². The molecule has 4 heterocycles. The second-order valence-corrected chi connectivity index (χ2v) is 24.0. The number of anilines is 3. The van der Waals surface area contributed by atoms with Gasteiger partial charge in [-0.25, -0.2) is 9.97 Å². The molecule has 0 spiro atoms. The third-order valence-electron chi connectivity index (χ3n) is 15.8. The molecule has 7 heteroatoms. The molecular formula is C67H49B2N3OSi. The Labute approximate surface area is 434 Å². The Bertz CT molecular complexity index is 3810. The number of benzene rings is 10. The predicted molar refractivity (Wildman–Crippen MR) is 313 cm³/mol. The fourth-order valence-corrected chi connectivity index (χ4v) is 17.7. The summed E-state index contributed by atoms with van der Waals surface area (Å²) in [5, 5.41) is 5.38. The van der Waals surface area contributed by atoms with E-state index in [-0.39, 0.29) is 13.4 Å². The lowest BCUT2D eigenvalue weighted by Crippen LogP contribution is -2.75. The van der Waals surface area contributed by atoms with E-state index in [2.05, 4.69) is 262 Å². The van der Waals surface area contributed by atoms with Crippen molar-refractivity contribution in [2.24, 2.45) is 0 Å². The first-order valence-electron chi connectivity index (χ1n) is 25.7. The van der Waals surface area contributed by atoms with Gasteiger partial charge in [0.1, 0.15) is 11.5 Å². The van der Waals surface area contributed by atoms with Gasteiger partial charge in [0, 0.05) is 28.2 Å². The zero-order valence-electron chi connectivity index (χ0n) is 41.5. The highest BCUT2D eigenvalue weighted by Gasteiger charge is 2.49. The third kappa shape index (κ3) is 6.84. The third-order valence-corrected chi connectivity index (χ3v) is 20.6. The number of hydrogen-bond donors (Lipinski definition) is 0. The van der Waals surface area contributed by atoms with Crippen LogP contribution in [0.2, 0.25) is 0 Å². The van der Waals surface area contributed by atoms with Gasteiger partial charge in [0.25, 0.3) is 6.71 Å². The summed E-state index contributed by atoms with van der Waals surface area (Å²) >= 11 is 0. The molecule has 0 saturated heterocycles. The number of ether oxygens (including phenoxy) is 1. The monoisotopic (exact) mass is 961 g/mol. The normalized spacial score (nSPS) is 12.8. The SMILES string of the molecule is Cc1cc(C)c(B2c3cc([Si](c4ccccc4)(c4ccccc4)c4ccccc4)ccc3N3c4cccc5c4B(c4ccccc4O5)c4cc(-c5cc(-c6ccccc6)nc(-c6ccccc6)n5)cc2c43)c(C)c1. The van der Waals surface area contributed by atoms with E-state index in [1.54, 1.807) is 0 Å². The molecule has 0 aliphatic carbocycles. The highest BCUT2D eigenvalue weighted by Crippen LogP contribution is 2.42. The van der Waals surface area contributed by atoms with Crippen molar-refractivity contribution in [2.75, 3.05) is 4.90 Å². The Kier molecular flexibility index (Phi) is 10.4. The zero-order valence-corrected chi connectivity index (χ0v) is 42.5. The van der Waals surface area contributed by atoms with Gasteiger partial charge in [-0.2, -0.15) is 0 Å². The van der Waals surface area contributed by atoms with Crippen LogP contribution in [0.1, 0.15) is 16.7 Å².